The van der Waals surface area contributed by atoms with Crippen LogP contribution in [0.5, 0.6) is 11.5 Å². The van der Waals surface area contributed by atoms with Crippen molar-refractivity contribution in [1.29, 1.82) is 5.26 Å². The van der Waals surface area contributed by atoms with Gasteiger partial charge < -0.3 is 18.9 Å². The summed E-state index contributed by atoms with van der Waals surface area (Å²) >= 11 is 0. The van der Waals surface area contributed by atoms with E-state index >= 15 is 0 Å². The molecule has 2 fully saturated rings. The Hall–Kier alpha value is -3.34. The van der Waals surface area contributed by atoms with Crippen molar-refractivity contribution in [3.05, 3.63) is 59.8 Å². The van der Waals surface area contributed by atoms with Crippen LogP contribution < -0.4 is 9.47 Å². The van der Waals surface area contributed by atoms with Crippen molar-refractivity contribution in [2.24, 2.45) is 0 Å². The SMILES string of the molecule is CCc1c(C#N)c(-c2ccc(OCC3CO3)cc2)nn1-c1ccc(OCC2CO2)cc1. The van der Waals surface area contributed by atoms with Gasteiger partial charge in [-0.05, 0) is 55.0 Å². The summed E-state index contributed by atoms with van der Waals surface area (Å²) in [5.74, 6) is 1.57. The molecular weight excluding hydrogens is 394 g/mol. The molecule has 0 radical (unpaired) electrons. The molecule has 3 aromatic rings. The van der Waals surface area contributed by atoms with E-state index < -0.39 is 0 Å². The molecule has 7 nitrogen and oxygen atoms in total. The molecule has 31 heavy (non-hydrogen) atoms. The van der Waals surface area contributed by atoms with E-state index in [1.807, 2.05) is 60.1 Å². The molecular formula is C24H23N3O4. The van der Waals surface area contributed by atoms with Crippen LogP contribution in [0.1, 0.15) is 18.2 Å². The molecule has 2 unspecified atom stereocenters. The van der Waals surface area contributed by atoms with Gasteiger partial charge in [0.25, 0.3) is 0 Å². The lowest BCUT2D eigenvalue weighted by Crippen LogP contribution is -2.05. The quantitative estimate of drug-likeness (QED) is 0.495. The largest absolute Gasteiger partial charge is 0.491 e. The highest BCUT2D eigenvalue weighted by molar-refractivity contribution is 5.69. The summed E-state index contributed by atoms with van der Waals surface area (Å²) in [6, 6.07) is 17.8. The number of rotatable bonds is 9. The predicted octanol–water partition coefficient (Wildman–Crippen LogP) is 3.53. The Kier molecular flexibility index (Phi) is 5.33. The highest BCUT2D eigenvalue weighted by atomic mass is 16.6. The highest BCUT2D eigenvalue weighted by Crippen LogP contribution is 2.29. The summed E-state index contributed by atoms with van der Waals surface area (Å²) in [4.78, 5) is 0. The normalized spacial score (nSPS) is 19.0. The second-order valence-electron chi connectivity index (χ2n) is 7.60. The fourth-order valence-corrected chi connectivity index (χ4v) is 3.41. The van der Waals surface area contributed by atoms with Gasteiger partial charge in [0.05, 0.1) is 24.6 Å². The number of epoxide rings is 2. The number of hydrogen-bond donors (Lipinski definition) is 0. The van der Waals surface area contributed by atoms with E-state index in [0.717, 1.165) is 41.7 Å². The minimum Gasteiger partial charge on any atom is -0.491 e. The van der Waals surface area contributed by atoms with Crippen molar-refractivity contribution in [3.8, 4) is 34.5 Å². The maximum Gasteiger partial charge on any atom is 0.119 e. The van der Waals surface area contributed by atoms with Gasteiger partial charge in [0.1, 0.15) is 54.2 Å². The van der Waals surface area contributed by atoms with E-state index in [1.54, 1.807) is 0 Å². The van der Waals surface area contributed by atoms with Crippen LogP contribution in [-0.2, 0) is 15.9 Å². The van der Waals surface area contributed by atoms with Crippen LogP contribution in [0.2, 0.25) is 0 Å². The number of ether oxygens (including phenoxy) is 4. The standard InChI is InChI=1S/C24H23N3O4/c1-2-23-22(11-25)24(16-3-7-18(8-4-16)28-12-20-14-30-20)26-27(23)17-5-9-19(10-6-17)29-13-21-15-31-21/h3-10,20-21H,2,12-15H2,1H3. The van der Waals surface area contributed by atoms with Gasteiger partial charge in [-0.1, -0.05) is 6.92 Å². The van der Waals surface area contributed by atoms with Crippen LogP contribution in [0, 0.1) is 11.3 Å². The average molecular weight is 417 g/mol. The highest BCUT2D eigenvalue weighted by Gasteiger charge is 2.24. The number of benzene rings is 2. The summed E-state index contributed by atoms with van der Waals surface area (Å²) in [5.41, 5.74) is 3.91. The number of aromatic nitrogens is 2. The van der Waals surface area contributed by atoms with Crippen molar-refractivity contribution < 1.29 is 18.9 Å². The van der Waals surface area contributed by atoms with Crippen molar-refractivity contribution in [2.45, 2.75) is 25.6 Å². The molecule has 2 atom stereocenters. The fraction of sp³-hybridized carbons (Fsp3) is 0.333. The minimum absolute atomic E-state index is 0.214. The molecule has 0 N–H and O–H groups in total. The van der Waals surface area contributed by atoms with E-state index in [4.69, 9.17) is 24.0 Å². The maximum absolute atomic E-state index is 9.86. The van der Waals surface area contributed by atoms with Gasteiger partial charge in [0.15, 0.2) is 0 Å². The third kappa shape index (κ3) is 4.41. The molecule has 158 valence electrons. The fourth-order valence-electron chi connectivity index (χ4n) is 3.41. The molecule has 0 aliphatic carbocycles. The number of nitriles is 1. The van der Waals surface area contributed by atoms with Gasteiger partial charge in [-0.25, -0.2) is 4.68 Å². The van der Waals surface area contributed by atoms with Crippen LogP contribution in [0.3, 0.4) is 0 Å². The van der Waals surface area contributed by atoms with Crippen LogP contribution in [0.25, 0.3) is 16.9 Å². The van der Waals surface area contributed by atoms with Crippen LogP contribution in [0.15, 0.2) is 48.5 Å². The van der Waals surface area contributed by atoms with Crippen molar-refractivity contribution in [2.75, 3.05) is 26.4 Å². The summed E-state index contributed by atoms with van der Waals surface area (Å²) in [5, 5.41) is 14.6. The number of hydrogen-bond acceptors (Lipinski definition) is 6. The zero-order valence-electron chi connectivity index (χ0n) is 17.3. The molecule has 1 aromatic heterocycles. The lowest BCUT2D eigenvalue weighted by atomic mass is 10.1. The molecule has 3 heterocycles. The lowest BCUT2D eigenvalue weighted by molar-refractivity contribution is 0.263. The van der Waals surface area contributed by atoms with Gasteiger partial charge in [0, 0.05) is 5.56 Å². The lowest BCUT2D eigenvalue weighted by Gasteiger charge is -2.08. The Morgan fingerprint density at radius 1 is 0.968 bits per heavy atom. The molecule has 0 amide bonds. The second kappa shape index (κ2) is 8.42. The number of nitrogens with zero attached hydrogens (tertiary/aromatic N) is 3. The van der Waals surface area contributed by atoms with Crippen molar-refractivity contribution >= 4 is 0 Å². The van der Waals surface area contributed by atoms with Crippen LogP contribution >= 0.6 is 0 Å². The summed E-state index contributed by atoms with van der Waals surface area (Å²) in [7, 11) is 0. The molecule has 0 saturated carbocycles. The zero-order valence-corrected chi connectivity index (χ0v) is 17.3. The summed E-state index contributed by atoms with van der Waals surface area (Å²) < 4.78 is 23.6. The molecule has 7 heteroatoms. The molecule has 2 aliphatic rings. The molecule has 2 aromatic carbocycles. The first-order valence-corrected chi connectivity index (χ1v) is 10.5. The Labute approximate surface area is 180 Å². The van der Waals surface area contributed by atoms with E-state index in [0.29, 0.717) is 30.9 Å². The first kappa shape index (κ1) is 19.6. The Bertz CT molecular complexity index is 1090. The Morgan fingerprint density at radius 3 is 2.00 bits per heavy atom. The third-order valence-corrected chi connectivity index (χ3v) is 5.31. The smallest absolute Gasteiger partial charge is 0.119 e. The molecule has 5 rings (SSSR count). The maximum atomic E-state index is 9.86. The molecule has 2 saturated heterocycles. The van der Waals surface area contributed by atoms with E-state index in [-0.39, 0.29) is 12.2 Å². The van der Waals surface area contributed by atoms with Gasteiger partial charge in [-0.2, -0.15) is 10.4 Å². The Balaban J connectivity index is 1.40. The first-order chi connectivity index (χ1) is 15.2. The predicted molar refractivity (Wildman–Crippen MR) is 114 cm³/mol. The average Bonchev–Trinajstić information content (AvgIpc) is 3.74. The van der Waals surface area contributed by atoms with Crippen LogP contribution in [-0.4, -0.2) is 48.4 Å². The van der Waals surface area contributed by atoms with Crippen molar-refractivity contribution in [1.82, 2.24) is 9.78 Å². The van der Waals surface area contributed by atoms with E-state index in [2.05, 4.69) is 6.07 Å². The summed E-state index contributed by atoms with van der Waals surface area (Å²) in [6.07, 6.45) is 1.12. The van der Waals surface area contributed by atoms with E-state index in [9.17, 15) is 5.26 Å². The Morgan fingerprint density at radius 2 is 1.52 bits per heavy atom. The van der Waals surface area contributed by atoms with Gasteiger partial charge >= 0.3 is 0 Å². The van der Waals surface area contributed by atoms with Gasteiger partial charge in [-0.15, -0.1) is 0 Å². The van der Waals surface area contributed by atoms with Crippen LogP contribution in [0.4, 0.5) is 0 Å². The first-order valence-electron chi connectivity index (χ1n) is 10.5. The molecule has 2 aliphatic heterocycles. The summed E-state index contributed by atoms with van der Waals surface area (Å²) in [6.45, 7) is 4.69. The third-order valence-electron chi connectivity index (χ3n) is 5.31. The topological polar surface area (TPSA) is 85.1 Å². The monoisotopic (exact) mass is 417 g/mol. The molecule has 0 bridgehead atoms. The van der Waals surface area contributed by atoms with E-state index in [1.165, 1.54) is 0 Å². The molecule has 0 spiro atoms. The minimum atomic E-state index is 0.214. The van der Waals surface area contributed by atoms with Gasteiger partial charge in [0.2, 0.25) is 0 Å². The van der Waals surface area contributed by atoms with Gasteiger partial charge in [-0.3, -0.25) is 0 Å². The second-order valence-corrected chi connectivity index (χ2v) is 7.60. The zero-order chi connectivity index (χ0) is 21.2. The van der Waals surface area contributed by atoms with Crippen molar-refractivity contribution in [3.63, 3.8) is 0 Å².